The fourth-order valence-corrected chi connectivity index (χ4v) is 4.43. The summed E-state index contributed by atoms with van der Waals surface area (Å²) in [5.41, 5.74) is 4.09. The molecule has 0 radical (unpaired) electrons. The number of fused-ring (bicyclic) bond motifs is 1. The number of hydrogen-bond acceptors (Lipinski definition) is 5. The molecule has 0 aliphatic carbocycles. The Morgan fingerprint density at radius 2 is 2.04 bits per heavy atom. The van der Waals surface area contributed by atoms with Crippen molar-refractivity contribution in [2.24, 2.45) is 7.05 Å². The summed E-state index contributed by atoms with van der Waals surface area (Å²) in [5.74, 6) is 1.38. The summed E-state index contributed by atoms with van der Waals surface area (Å²) < 4.78 is 1.66. The summed E-state index contributed by atoms with van der Waals surface area (Å²) in [7, 11) is 1.81. The number of aromatic nitrogens is 2. The van der Waals surface area contributed by atoms with Crippen molar-refractivity contribution in [1.82, 2.24) is 19.8 Å². The Morgan fingerprint density at radius 3 is 2.79 bits per heavy atom. The highest BCUT2D eigenvalue weighted by molar-refractivity contribution is 5.68. The molecule has 1 N–H and O–H groups in total. The smallest absolute Gasteiger partial charge is 0.253 e. The van der Waals surface area contributed by atoms with Crippen LogP contribution in [0.1, 0.15) is 31.0 Å². The Bertz CT molecular complexity index is 893. The van der Waals surface area contributed by atoms with Crippen LogP contribution in [0.4, 0.5) is 5.82 Å². The number of aryl methyl sites for hydroxylation is 2. The Hall–Kier alpha value is -2.18. The maximum atomic E-state index is 12.1. The van der Waals surface area contributed by atoms with Crippen molar-refractivity contribution < 1.29 is 0 Å². The van der Waals surface area contributed by atoms with E-state index in [1.54, 1.807) is 4.57 Å². The fourth-order valence-electron chi connectivity index (χ4n) is 4.43. The van der Waals surface area contributed by atoms with Gasteiger partial charge >= 0.3 is 0 Å². The molecule has 2 saturated heterocycles. The average molecular weight is 382 g/mol. The fraction of sp³-hybridized carbons (Fsp3) is 0.545. The normalized spacial score (nSPS) is 20.5. The number of nitrogens with one attached hydrogen (secondary N) is 1. The van der Waals surface area contributed by atoms with E-state index in [4.69, 9.17) is 4.98 Å². The molecule has 2 aliphatic heterocycles. The summed E-state index contributed by atoms with van der Waals surface area (Å²) in [4.78, 5) is 22.2. The summed E-state index contributed by atoms with van der Waals surface area (Å²) in [6, 6.07) is 6.88. The van der Waals surface area contributed by atoms with Crippen LogP contribution < -0.4 is 15.8 Å². The average Bonchev–Trinajstić information content (AvgIpc) is 2.70. The zero-order chi connectivity index (χ0) is 19.8. The molecule has 1 unspecified atom stereocenters. The number of hydrogen-bond donors (Lipinski definition) is 1. The van der Waals surface area contributed by atoms with E-state index in [-0.39, 0.29) is 5.56 Å². The minimum Gasteiger partial charge on any atom is -0.354 e. The van der Waals surface area contributed by atoms with Crippen LogP contribution >= 0.6 is 0 Å². The van der Waals surface area contributed by atoms with Gasteiger partial charge in [-0.15, -0.1) is 0 Å². The van der Waals surface area contributed by atoms with Crippen LogP contribution in [0.3, 0.4) is 0 Å². The second-order valence-corrected chi connectivity index (χ2v) is 8.42. The van der Waals surface area contributed by atoms with Gasteiger partial charge in [-0.2, -0.15) is 0 Å². The predicted molar refractivity (Wildman–Crippen MR) is 114 cm³/mol. The van der Waals surface area contributed by atoms with Crippen molar-refractivity contribution >= 4 is 5.82 Å². The molecule has 2 aromatic heterocycles. The van der Waals surface area contributed by atoms with Crippen LogP contribution in [0.5, 0.6) is 0 Å². The van der Waals surface area contributed by atoms with Crippen LogP contribution in [0, 0.1) is 6.92 Å². The molecule has 4 heterocycles. The van der Waals surface area contributed by atoms with Gasteiger partial charge in [0.05, 0.1) is 5.69 Å². The van der Waals surface area contributed by atoms with Gasteiger partial charge in [0, 0.05) is 75.2 Å². The molecule has 0 bridgehead atoms. The zero-order valence-electron chi connectivity index (χ0n) is 17.4. The van der Waals surface area contributed by atoms with Gasteiger partial charge in [-0.05, 0) is 31.0 Å². The maximum absolute atomic E-state index is 12.1. The van der Waals surface area contributed by atoms with Gasteiger partial charge < -0.3 is 14.8 Å². The van der Waals surface area contributed by atoms with Crippen LogP contribution in [0.2, 0.25) is 0 Å². The SMILES string of the molecule is Cc1cc(-c2ccc(N3CCN4CCNCC4C3)nc2C(C)C)cn(C)c1=O. The summed E-state index contributed by atoms with van der Waals surface area (Å²) in [5, 5.41) is 3.51. The first-order valence-corrected chi connectivity index (χ1v) is 10.3. The van der Waals surface area contributed by atoms with Crippen molar-refractivity contribution in [3.8, 4) is 11.1 Å². The summed E-state index contributed by atoms with van der Waals surface area (Å²) >= 11 is 0. The summed E-state index contributed by atoms with van der Waals surface area (Å²) in [6.07, 6.45) is 1.92. The molecule has 4 rings (SSSR count). The highest BCUT2D eigenvalue weighted by Crippen LogP contribution is 2.30. The first-order valence-electron chi connectivity index (χ1n) is 10.3. The first kappa shape index (κ1) is 19.2. The highest BCUT2D eigenvalue weighted by atomic mass is 16.1. The van der Waals surface area contributed by atoms with E-state index in [1.807, 2.05) is 26.2 Å². The Morgan fingerprint density at radius 1 is 1.21 bits per heavy atom. The molecule has 1 atom stereocenters. The molecule has 6 heteroatoms. The van der Waals surface area contributed by atoms with Crippen molar-refractivity contribution in [2.45, 2.75) is 32.7 Å². The van der Waals surface area contributed by atoms with Crippen LogP contribution in [0.15, 0.2) is 29.2 Å². The number of pyridine rings is 2. The third kappa shape index (κ3) is 3.59. The van der Waals surface area contributed by atoms with Crippen LogP contribution in [-0.4, -0.2) is 59.8 Å². The molecule has 0 aromatic carbocycles. The van der Waals surface area contributed by atoms with E-state index in [1.165, 1.54) is 0 Å². The van der Waals surface area contributed by atoms with Crippen molar-refractivity contribution in [1.29, 1.82) is 0 Å². The second kappa shape index (κ2) is 7.68. The van der Waals surface area contributed by atoms with Crippen molar-refractivity contribution in [3.05, 3.63) is 46.0 Å². The van der Waals surface area contributed by atoms with E-state index >= 15 is 0 Å². The Kier molecular flexibility index (Phi) is 5.25. The van der Waals surface area contributed by atoms with E-state index in [9.17, 15) is 4.79 Å². The van der Waals surface area contributed by atoms with Crippen LogP contribution in [-0.2, 0) is 7.05 Å². The highest BCUT2D eigenvalue weighted by Gasteiger charge is 2.29. The lowest BCUT2D eigenvalue weighted by Crippen LogP contribution is -2.61. The molecule has 28 heavy (non-hydrogen) atoms. The van der Waals surface area contributed by atoms with Crippen molar-refractivity contribution in [2.75, 3.05) is 44.2 Å². The standard InChI is InChI=1S/C22H31N5O/c1-15(2)21-19(17-11-16(3)22(28)25(4)13-17)5-6-20(24-21)27-10-9-26-8-7-23-12-18(26)14-27/h5-6,11,13,15,18,23H,7-10,12,14H2,1-4H3. The molecule has 0 amide bonds. The lowest BCUT2D eigenvalue weighted by atomic mass is 9.97. The van der Waals surface area contributed by atoms with Gasteiger partial charge in [-0.3, -0.25) is 9.69 Å². The molecular weight excluding hydrogens is 350 g/mol. The summed E-state index contributed by atoms with van der Waals surface area (Å²) in [6.45, 7) is 12.7. The van der Waals surface area contributed by atoms with E-state index in [0.717, 1.165) is 67.5 Å². The Labute approximate surface area is 167 Å². The van der Waals surface area contributed by atoms with E-state index in [0.29, 0.717) is 12.0 Å². The van der Waals surface area contributed by atoms with E-state index in [2.05, 4.69) is 41.1 Å². The molecule has 6 nitrogen and oxygen atoms in total. The zero-order valence-corrected chi connectivity index (χ0v) is 17.4. The maximum Gasteiger partial charge on any atom is 0.253 e. The van der Waals surface area contributed by atoms with Gasteiger partial charge in [0.1, 0.15) is 5.82 Å². The minimum absolute atomic E-state index is 0.0541. The largest absolute Gasteiger partial charge is 0.354 e. The molecule has 2 aliphatic rings. The molecule has 150 valence electrons. The Balaban J connectivity index is 1.67. The third-order valence-electron chi connectivity index (χ3n) is 6.01. The number of nitrogens with zero attached hydrogens (tertiary/aromatic N) is 4. The lowest BCUT2D eigenvalue weighted by Gasteiger charge is -2.44. The van der Waals surface area contributed by atoms with Gasteiger partial charge in [0.25, 0.3) is 5.56 Å². The van der Waals surface area contributed by atoms with Gasteiger partial charge in [-0.25, -0.2) is 4.98 Å². The number of anilines is 1. The van der Waals surface area contributed by atoms with Gasteiger partial charge in [0.2, 0.25) is 0 Å². The topological polar surface area (TPSA) is 53.4 Å². The van der Waals surface area contributed by atoms with Gasteiger partial charge in [-0.1, -0.05) is 13.8 Å². The van der Waals surface area contributed by atoms with Crippen molar-refractivity contribution in [3.63, 3.8) is 0 Å². The van der Waals surface area contributed by atoms with Gasteiger partial charge in [0.15, 0.2) is 0 Å². The molecular formula is C22H31N5O. The predicted octanol–water partition coefficient (Wildman–Crippen LogP) is 1.97. The number of rotatable bonds is 3. The molecule has 2 fully saturated rings. The quantitative estimate of drug-likeness (QED) is 0.881. The molecule has 0 spiro atoms. The van der Waals surface area contributed by atoms with E-state index < -0.39 is 0 Å². The molecule has 2 aromatic rings. The number of piperazine rings is 2. The second-order valence-electron chi connectivity index (χ2n) is 8.42. The third-order valence-corrected chi connectivity index (χ3v) is 6.01. The monoisotopic (exact) mass is 381 g/mol. The molecule has 0 saturated carbocycles. The minimum atomic E-state index is 0.0541. The lowest BCUT2D eigenvalue weighted by molar-refractivity contribution is 0.145. The van der Waals surface area contributed by atoms with Crippen LogP contribution in [0.25, 0.3) is 11.1 Å². The first-order chi connectivity index (χ1) is 13.4.